The molecule has 2 aliphatic rings. The number of hydrogen-bond donors (Lipinski definition) is 2. The van der Waals surface area contributed by atoms with E-state index in [0.717, 1.165) is 63.1 Å². The Kier molecular flexibility index (Phi) is 8.54. The number of aryl methyl sites for hydroxylation is 1. The van der Waals surface area contributed by atoms with Crippen LogP contribution in [0.1, 0.15) is 56.6 Å². The van der Waals surface area contributed by atoms with Crippen molar-refractivity contribution < 1.29 is 4.74 Å². The van der Waals surface area contributed by atoms with Crippen molar-refractivity contribution in [3.63, 3.8) is 0 Å². The summed E-state index contributed by atoms with van der Waals surface area (Å²) >= 11 is 0. The van der Waals surface area contributed by atoms with Crippen molar-refractivity contribution in [1.82, 2.24) is 30.3 Å². The molecule has 1 unspecified atom stereocenters. The van der Waals surface area contributed by atoms with Gasteiger partial charge in [0.25, 0.3) is 0 Å². The van der Waals surface area contributed by atoms with Gasteiger partial charge < -0.3 is 24.8 Å². The highest BCUT2D eigenvalue weighted by Gasteiger charge is 2.16. The van der Waals surface area contributed by atoms with Gasteiger partial charge in [-0.05, 0) is 58.7 Å². The van der Waals surface area contributed by atoms with Gasteiger partial charge in [0.15, 0.2) is 11.8 Å². The lowest BCUT2D eigenvalue weighted by Crippen LogP contribution is -2.42. The Morgan fingerprint density at radius 1 is 1.14 bits per heavy atom. The zero-order valence-electron chi connectivity index (χ0n) is 17.6. The Hall–Kier alpha value is -1.67. The predicted molar refractivity (Wildman–Crippen MR) is 111 cm³/mol. The minimum atomic E-state index is 0.293. The average molecular weight is 392 g/mol. The summed E-state index contributed by atoms with van der Waals surface area (Å²) in [5.41, 5.74) is 0. The highest BCUT2D eigenvalue weighted by Crippen LogP contribution is 2.11. The van der Waals surface area contributed by atoms with Crippen LogP contribution in [-0.4, -0.2) is 71.1 Å². The molecular formula is C20H37N7O. The Balaban J connectivity index is 1.46. The normalized spacial score (nSPS) is 21.6. The number of aromatic nitrogens is 3. The molecule has 8 nitrogen and oxygen atoms in total. The standard InChI is InChI=1S/C20H37N7O/c1-17-24-25-19(26(17)2)16-23-20(22-15-18-9-7-14-28-18)21-10-8-13-27-11-5-3-4-6-12-27/h18H,3-16H2,1-2H3,(H2,21,22,23). The van der Waals surface area contributed by atoms with Gasteiger partial charge >= 0.3 is 0 Å². The van der Waals surface area contributed by atoms with Crippen LogP contribution in [0, 0.1) is 6.92 Å². The molecule has 2 saturated heterocycles. The highest BCUT2D eigenvalue weighted by atomic mass is 16.5. The van der Waals surface area contributed by atoms with Gasteiger partial charge in [-0.25, -0.2) is 4.99 Å². The Morgan fingerprint density at radius 2 is 1.96 bits per heavy atom. The maximum Gasteiger partial charge on any atom is 0.191 e. The Morgan fingerprint density at radius 3 is 2.64 bits per heavy atom. The van der Waals surface area contributed by atoms with Gasteiger partial charge in [0.2, 0.25) is 0 Å². The molecule has 0 bridgehead atoms. The molecule has 28 heavy (non-hydrogen) atoms. The molecule has 3 heterocycles. The first-order valence-corrected chi connectivity index (χ1v) is 10.9. The lowest BCUT2D eigenvalue weighted by Gasteiger charge is -2.20. The number of nitrogens with one attached hydrogen (secondary N) is 2. The molecule has 1 atom stereocenters. The van der Waals surface area contributed by atoms with Gasteiger partial charge in [-0.3, -0.25) is 0 Å². The first-order valence-electron chi connectivity index (χ1n) is 10.9. The Labute approximate surface area is 169 Å². The fourth-order valence-electron chi connectivity index (χ4n) is 3.80. The van der Waals surface area contributed by atoms with Crippen molar-refractivity contribution >= 4 is 5.96 Å². The first-order chi connectivity index (χ1) is 13.7. The number of aliphatic imine (C=N–C) groups is 1. The summed E-state index contributed by atoms with van der Waals surface area (Å²) in [6.07, 6.45) is 9.17. The zero-order valence-corrected chi connectivity index (χ0v) is 17.6. The second kappa shape index (κ2) is 11.4. The SMILES string of the molecule is Cc1nnc(CN=C(NCCCN2CCCCCC2)NCC2CCCO2)n1C. The molecule has 0 spiro atoms. The minimum Gasteiger partial charge on any atom is -0.376 e. The van der Waals surface area contributed by atoms with E-state index in [2.05, 4.69) is 25.7 Å². The third kappa shape index (κ3) is 6.74. The highest BCUT2D eigenvalue weighted by molar-refractivity contribution is 5.79. The van der Waals surface area contributed by atoms with Gasteiger partial charge in [-0.15, -0.1) is 10.2 Å². The summed E-state index contributed by atoms with van der Waals surface area (Å²) < 4.78 is 7.71. The molecule has 158 valence electrons. The van der Waals surface area contributed by atoms with Crippen LogP contribution in [-0.2, 0) is 18.3 Å². The van der Waals surface area contributed by atoms with Gasteiger partial charge in [-0.2, -0.15) is 0 Å². The van der Waals surface area contributed by atoms with Crippen LogP contribution in [0.15, 0.2) is 4.99 Å². The average Bonchev–Trinajstić information content (AvgIpc) is 3.24. The van der Waals surface area contributed by atoms with E-state index in [1.165, 1.54) is 38.8 Å². The van der Waals surface area contributed by atoms with E-state index < -0.39 is 0 Å². The molecule has 2 fully saturated rings. The van der Waals surface area contributed by atoms with E-state index in [4.69, 9.17) is 9.73 Å². The zero-order chi connectivity index (χ0) is 19.6. The number of hydrogen-bond acceptors (Lipinski definition) is 5. The van der Waals surface area contributed by atoms with Crippen LogP contribution < -0.4 is 10.6 Å². The minimum absolute atomic E-state index is 0.293. The number of likely N-dealkylation sites (tertiary alicyclic amines) is 1. The summed E-state index contributed by atoms with van der Waals surface area (Å²) in [4.78, 5) is 7.34. The van der Waals surface area contributed by atoms with E-state index >= 15 is 0 Å². The number of guanidine groups is 1. The van der Waals surface area contributed by atoms with Crippen LogP contribution in [0.3, 0.4) is 0 Å². The quantitative estimate of drug-likeness (QED) is 0.398. The van der Waals surface area contributed by atoms with Crippen molar-refractivity contribution in [1.29, 1.82) is 0 Å². The van der Waals surface area contributed by atoms with Crippen LogP contribution in [0.2, 0.25) is 0 Å². The summed E-state index contributed by atoms with van der Waals surface area (Å²) in [5.74, 6) is 2.62. The lowest BCUT2D eigenvalue weighted by atomic mass is 10.2. The number of ether oxygens (including phenoxy) is 1. The van der Waals surface area contributed by atoms with Gasteiger partial charge in [0.05, 0.1) is 6.10 Å². The van der Waals surface area contributed by atoms with Crippen LogP contribution in [0.25, 0.3) is 0 Å². The molecular weight excluding hydrogens is 354 g/mol. The second-order valence-electron chi connectivity index (χ2n) is 7.94. The maximum absolute atomic E-state index is 5.73. The summed E-state index contributed by atoms with van der Waals surface area (Å²) in [5, 5.41) is 15.3. The molecule has 2 N–H and O–H groups in total. The van der Waals surface area contributed by atoms with Gasteiger partial charge in [-0.1, -0.05) is 12.8 Å². The molecule has 0 aromatic carbocycles. The van der Waals surface area contributed by atoms with Crippen molar-refractivity contribution in [2.24, 2.45) is 12.0 Å². The number of nitrogens with zero attached hydrogens (tertiary/aromatic N) is 5. The summed E-state index contributed by atoms with van der Waals surface area (Å²) in [6, 6.07) is 0. The molecule has 1 aromatic heterocycles. The van der Waals surface area contributed by atoms with Crippen molar-refractivity contribution in [3.8, 4) is 0 Å². The van der Waals surface area contributed by atoms with E-state index in [9.17, 15) is 0 Å². The fourth-order valence-corrected chi connectivity index (χ4v) is 3.80. The molecule has 3 rings (SSSR count). The van der Waals surface area contributed by atoms with Crippen molar-refractivity contribution in [2.75, 3.05) is 39.3 Å². The third-order valence-electron chi connectivity index (χ3n) is 5.72. The Bertz CT molecular complexity index is 602. The predicted octanol–water partition coefficient (Wildman–Crippen LogP) is 1.60. The third-order valence-corrected chi connectivity index (χ3v) is 5.72. The summed E-state index contributed by atoms with van der Waals surface area (Å²) in [7, 11) is 1.98. The monoisotopic (exact) mass is 391 g/mol. The first kappa shape index (κ1) is 21.0. The van der Waals surface area contributed by atoms with Crippen LogP contribution in [0.4, 0.5) is 0 Å². The van der Waals surface area contributed by atoms with Crippen LogP contribution in [0.5, 0.6) is 0 Å². The molecule has 8 heteroatoms. The smallest absolute Gasteiger partial charge is 0.191 e. The molecule has 0 aliphatic carbocycles. The van der Waals surface area contributed by atoms with Crippen LogP contribution >= 0.6 is 0 Å². The van der Waals surface area contributed by atoms with E-state index in [-0.39, 0.29) is 0 Å². The largest absolute Gasteiger partial charge is 0.376 e. The number of rotatable bonds is 8. The second-order valence-corrected chi connectivity index (χ2v) is 7.94. The van der Waals surface area contributed by atoms with Crippen molar-refractivity contribution in [2.45, 2.75) is 64.5 Å². The molecule has 2 aliphatic heterocycles. The van der Waals surface area contributed by atoms with Gasteiger partial charge in [0.1, 0.15) is 12.4 Å². The fraction of sp³-hybridized carbons (Fsp3) is 0.850. The van der Waals surface area contributed by atoms with E-state index in [1.807, 2.05) is 18.5 Å². The van der Waals surface area contributed by atoms with Gasteiger partial charge in [0, 0.05) is 26.7 Å². The molecule has 0 amide bonds. The molecule has 0 saturated carbocycles. The maximum atomic E-state index is 5.73. The summed E-state index contributed by atoms with van der Waals surface area (Å²) in [6.45, 7) is 8.74. The molecule has 1 aromatic rings. The topological polar surface area (TPSA) is 79.6 Å². The lowest BCUT2D eigenvalue weighted by molar-refractivity contribution is 0.114. The van der Waals surface area contributed by atoms with Crippen molar-refractivity contribution in [3.05, 3.63) is 11.6 Å². The molecule has 0 radical (unpaired) electrons. The van der Waals surface area contributed by atoms with E-state index in [0.29, 0.717) is 12.6 Å². The van der Waals surface area contributed by atoms with E-state index in [1.54, 1.807) is 0 Å².